The van der Waals surface area contributed by atoms with Crippen molar-refractivity contribution in [2.75, 3.05) is 13.7 Å². The predicted octanol–water partition coefficient (Wildman–Crippen LogP) is 3.27. The van der Waals surface area contributed by atoms with E-state index in [4.69, 9.17) is 4.74 Å². The summed E-state index contributed by atoms with van der Waals surface area (Å²) in [5.74, 6) is 0.893. The van der Waals surface area contributed by atoms with Crippen LogP contribution in [0.25, 0.3) is 0 Å². The number of Topliss-reactive ketones (excluding diaryl/α,β-unsaturated/α-hetero) is 1. The number of nitrogens with one attached hydrogen (secondary N) is 1. The topological polar surface area (TPSA) is 58.6 Å². The Morgan fingerprint density at radius 2 is 2.07 bits per heavy atom. The average Bonchev–Trinajstić information content (AvgIpc) is 2.65. The molecule has 6 rings (SSSR count). The molecule has 1 aromatic carbocycles. The third kappa shape index (κ3) is 1.76. The van der Waals surface area contributed by atoms with Gasteiger partial charge in [-0.3, -0.25) is 4.79 Å². The van der Waals surface area contributed by atoms with Crippen molar-refractivity contribution < 1.29 is 14.6 Å². The zero-order valence-corrected chi connectivity index (χ0v) is 16.9. The Labute approximate surface area is 161 Å². The SMILES string of the molecule is COC12CCC3(CC1C(C)=O)C1Cc4ccc(O)c(C)c4C3(CCN1)C2C. The highest BCUT2D eigenvalue weighted by Crippen LogP contribution is 2.73. The summed E-state index contributed by atoms with van der Waals surface area (Å²) in [5.41, 5.74) is 3.44. The molecule has 0 aromatic heterocycles. The van der Waals surface area contributed by atoms with Crippen LogP contribution in [0, 0.1) is 24.2 Å². The minimum Gasteiger partial charge on any atom is -0.508 e. The number of hydrogen-bond acceptors (Lipinski definition) is 4. The molecule has 4 fully saturated rings. The number of carbonyl (C=O) groups is 1. The van der Waals surface area contributed by atoms with Crippen LogP contribution < -0.4 is 5.32 Å². The number of ketones is 1. The molecule has 2 N–H and O–H groups in total. The molecule has 27 heavy (non-hydrogen) atoms. The first-order valence-corrected chi connectivity index (χ1v) is 10.4. The Morgan fingerprint density at radius 3 is 2.78 bits per heavy atom. The van der Waals surface area contributed by atoms with Crippen LogP contribution in [0.1, 0.15) is 56.2 Å². The average molecular weight is 370 g/mol. The highest BCUT2D eigenvalue weighted by Gasteiger charge is 2.75. The van der Waals surface area contributed by atoms with Gasteiger partial charge in [-0.25, -0.2) is 0 Å². The van der Waals surface area contributed by atoms with Crippen molar-refractivity contribution in [3.63, 3.8) is 0 Å². The molecule has 1 heterocycles. The third-order valence-corrected chi connectivity index (χ3v) is 9.32. The monoisotopic (exact) mass is 369 g/mol. The Balaban J connectivity index is 1.84. The highest BCUT2D eigenvalue weighted by atomic mass is 16.5. The second-order valence-electron chi connectivity index (χ2n) is 9.58. The zero-order chi connectivity index (χ0) is 19.2. The van der Waals surface area contributed by atoms with Crippen LogP contribution in [0.2, 0.25) is 0 Å². The lowest BCUT2D eigenvalue weighted by Crippen LogP contribution is -2.79. The number of piperidine rings is 1. The van der Waals surface area contributed by atoms with Gasteiger partial charge in [0.1, 0.15) is 11.5 Å². The molecule has 3 saturated carbocycles. The van der Waals surface area contributed by atoms with Crippen LogP contribution in [0.15, 0.2) is 12.1 Å². The van der Waals surface area contributed by atoms with Gasteiger partial charge in [-0.05, 0) is 86.6 Å². The molecule has 6 atom stereocenters. The summed E-state index contributed by atoms with van der Waals surface area (Å²) in [4.78, 5) is 12.7. The minimum atomic E-state index is -0.387. The zero-order valence-electron chi connectivity index (χ0n) is 16.9. The number of rotatable bonds is 2. The lowest BCUT2D eigenvalue weighted by atomic mass is 9.32. The summed E-state index contributed by atoms with van der Waals surface area (Å²) >= 11 is 0. The number of hydrogen-bond donors (Lipinski definition) is 2. The van der Waals surface area contributed by atoms with Crippen molar-refractivity contribution >= 4 is 5.78 Å². The maximum atomic E-state index is 12.7. The van der Waals surface area contributed by atoms with Crippen molar-refractivity contribution in [3.05, 3.63) is 28.8 Å². The molecule has 1 spiro atoms. The molecular formula is C23H31NO3. The van der Waals surface area contributed by atoms with E-state index >= 15 is 0 Å². The van der Waals surface area contributed by atoms with E-state index in [0.29, 0.717) is 11.8 Å². The fraction of sp³-hybridized carbons (Fsp3) is 0.696. The minimum absolute atomic E-state index is 0.0269. The number of ether oxygens (including phenoxy) is 1. The highest BCUT2D eigenvalue weighted by molar-refractivity contribution is 5.80. The van der Waals surface area contributed by atoms with E-state index in [-0.39, 0.29) is 34.1 Å². The van der Waals surface area contributed by atoms with E-state index in [1.54, 1.807) is 14.0 Å². The van der Waals surface area contributed by atoms with Gasteiger partial charge >= 0.3 is 0 Å². The van der Waals surface area contributed by atoms with Gasteiger partial charge < -0.3 is 15.2 Å². The molecule has 1 saturated heterocycles. The summed E-state index contributed by atoms with van der Waals surface area (Å²) < 4.78 is 6.27. The van der Waals surface area contributed by atoms with Crippen molar-refractivity contribution in [2.24, 2.45) is 17.3 Å². The Bertz CT molecular complexity index is 835. The van der Waals surface area contributed by atoms with Crippen LogP contribution in [0.4, 0.5) is 0 Å². The summed E-state index contributed by atoms with van der Waals surface area (Å²) in [5, 5.41) is 14.4. The second kappa shape index (κ2) is 5.36. The molecule has 6 unspecified atom stereocenters. The van der Waals surface area contributed by atoms with Crippen molar-refractivity contribution in [3.8, 4) is 5.75 Å². The first-order chi connectivity index (χ1) is 12.8. The van der Waals surface area contributed by atoms with Crippen LogP contribution in [-0.4, -0.2) is 36.2 Å². The molecule has 146 valence electrons. The van der Waals surface area contributed by atoms with Gasteiger partial charge in [0.2, 0.25) is 0 Å². The number of phenolic OH excluding ortho intramolecular Hbond substituents is 1. The molecular weight excluding hydrogens is 338 g/mol. The van der Waals surface area contributed by atoms with Gasteiger partial charge in [0.15, 0.2) is 0 Å². The standard InChI is InChI=1S/C23H31NO3/c1-13-18(26)6-5-16-11-19-21-7-8-23(27-4,17(12-21)14(2)25)15(3)22(21,20(13)16)9-10-24-19/h5-6,15,17,19,24,26H,7-12H2,1-4H3. The lowest BCUT2D eigenvalue weighted by Gasteiger charge is -2.75. The van der Waals surface area contributed by atoms with Crippen LogP contribution in [0.5, 0.6) is 5.75 Å². The maximum absolute atomic E-state index is 12.7. The summed E-state index contributed by atoms with van der Waals surface area (Å²) in [7, 11) is 1.80. The fourth-order valence-electron chi connectivity index (χ4n) is 8.27. The van der Waals surface area contributed by atoms with Gasteiger partial charge in [0.05, 0.1) is 5.60 Å². The molecule has 4 bridgehead atoms. The van der Waals surface area contributed by atoms with Crippen LogP contribution in [-0.2, 0) is 21.4 Å². The second-order valence-corrected chi connectivity index (χ2v) is 9.58. The number of phenols is 1. The lowest BCUT2D eigenvalue weighted by molar-refractivity contribution is -0.250. The molecule has 4 aliphatic carbocycles. The van der Waals surface area contributed by atoms with Crippen LogP contribution in [0.3, 0.4) is 0 Å². The van der Waals surface area contributed by atoms with Gasteiger partial charge in [-0.2, -0.15) is 0 Å². The number of methoxy groups -OCH3 is 1. The third-order valence-electron chi connectivity index (χ3n) is 9.32. The molecule has 5 aliphatic rings. The molecule has 0 amide bonds. The van der Waals surface area contributed by atoms with E-state index in [0.717, 1.165) is 44.2 Å². The van der Waals surface area contributed by atoms with Crippen LogP contribution >= 0.6 is 0 Å². The van der Waals surface area contributed by atoms with E-state index in [1.807, 2.05) is 6.07 Å². The van der Waals surface area contributed by atoms with Gasteiger partial charge in [0, 0.05) is 24.5 Å². The smallest absolute Gasteiger partial charge is 0.135 e. The van der Waals surface area contributed by atoms with Crippen molar-refractivity contribution in [2.45, 2.75) is 69.9 Å². The van der Waals surface area contributed by atoms with E-state index in [2.05, 4.69) is 25.2 Å². The number of fused-ring (bicyclic) bond motifs is 3. The molecule has 1 aliphatic heterocycles. The first-order valence-electron chi connectivity index (χ1n) is 10.4. The maximum Gasteiger partial charge on any atom is 0.135 e. The summed E-state index contributed by atoms with van der Waals surface area (Å²) in [6, 6.07) is 4.39. The molecule has 4 nitrogen and oxygen atoms in total. The Kier molecular flexibility index (Phi) is 3.51. The summed E-state index contributed by atoms with van der Waals surface area (Å²) in [6.07, 6.45) is 5.02. The Morgan fingerprint density at radius 1 is 1.30 bits per heavy atom. The first kappa shape index (κ1) is 17.7. The molecule has 1 aromatic rings. The van der Waals surface area contributed by atoms with Crippen molar-refractivity contribution in [1.29, 1.82) is 0 Å². The van der Waals surface area contributed by atoms with E-state index in [1.165, 1.54) is 11.1 Å². The normalized spacial score (nSPS) is 44.5. The fourth-order valence-corrected chi connectivity index (χ4v) is 8.27. The van der Waals surface area contributed by atoms with Crippen molar-refractivity contribution in [1.82, 2.24) is 5.32 Å². The molecule has 4 heteroatoms. The van der Waals surface area contributed by atoms with Gasteiger partial charge in [0.25, 0.3) is 0 Å². The predicted molar refractivity (Wildman–Crippen MR) is 104 cm³/mol. The van der Waals surface area contributed by atoms with Gasteiger partial charge in [-0.1, -0.05) is 13.0 Å². The summed E-state index contributed by atoms with van der Waals surface area (Å²) in [6.45, 7) is 7.15. The van der Waals surface area contributed by atoms with E-state index < -0.39 is 0 Å². The quantitative estimate of drug-likeness (QED) is 0.840. The number of benzene rings is 1. The molecule has 0 radical (unpaired) electrons. The number of carbonyl (C=O) groups excluding carboxylic acids is 1. The largest absolute Gasteiger partial charge is 0.508 e. The Hall–Kier alpha value is -1.39. The van der Waals surface area contributed by atoms with Gasteiger partial charge in [-0.15, -0.1) is 0 Å². The van der Waals surface area contributed by atoms with E-state index in [9.17, 15) is 9.90 Å². The number of aromatic hydroxyl groups is 1.